The lowest BCUT2D eigenvalue weighted by Crippen LogP contribution is -2.48. The fraction of sp³-hybridized carbons (Fsp3) is 0.769. The number of ether oxygens (including phenoxy) is 2. The van der Waals surface area contributed by atoms with Gasteiger partial charge in [-0.15, -0.1) is 0 Å². The minimum Gasteiger partial charge on any atom is -0.466 e. The van der Waals surface area contributed by atoms with Gasteiger partial charge < -0.3 is 9.47 Å². The lowest BCUT2D eigenvalue weighted by Gasteiger charge is -2.37. The standard InChI is InChI=1S/C13H23NO3/c1-5-11(12(15)16-4)6-7-14-8-9-17-13(2,3)10-14/h6H,5,7-10H2,1-4H3. The molecule has 1 heterocycles. The molecule has 0 aliphatic carbocycles. The van der Waals surface area contributed by atoms with Crippen LogP contribution in [0.1, 0.15) is 27.2 Å². The van der Waals surface area contributed by atoms with Crippen LogP contribution in [0.5, 0.6) is 0 Å². The summed E-state index contributed by atoms with van der Waals surface area (Å²) in [5.74, 6) is -0.222. The summed E-state index contributed by atoms with van der Waals surface area (Å²) < 4.78 is 10.4. The third-order valence-corrected chi connectivity index (χ3v) is 2.93. The van der Waals surface area contributed by atoms with Crippen LogP contribution in [0.4, 0.5) is 0 Å². The smallest absolute Gasteiger partial charge is 0.333 e. The third kappa shape index (κ3) is 4.48. The number of carbonyl (C=O) groups excluding carboxylic acids is 1. The number of carbonyl (C=O) groups is 1. The van der Waals surface area contributed by atoms with E-state index in [1.165, 1.54) is 7.11 Å². The van der Waals surface area contributed by atoms with Crippen molar-refractivity contribution in [3.8, 4) is 0 Å². The Morgan fingerprint density at radius 1 is 1.53 bits per heavy atom. The molecule has 1 fully saturated rings. The summed E-state index contributed by atoms with van der Waals surface area (Å²) in [6, 6.07) is 0. The van der Waals surface area contributed by atoms with E-state index in [-0.39, 0.29) is 11.6 Å². The van der Waals surface area contributed by atoms with Crippen LogP contribution in [0.3, 0.4) is 0 Å². The summed E-state index contributed by atoms with van der Waals surface area (Å²) in [4.78, 5) is 13.7. The first-order valence-electron chi connectivity index (χ1n) is 6.12. The van der Waals surface area contributed by atoms with Gasteiger partial charge in [-0.2, -0.15) is 0 Å². The molecule has 0 atom stereocenters. The van der Waals surface area contributed by atoms with E-state index in [0.29, 0.717) is 6.42 Å². The first kappa shape index (κ1) is 14.2. The molecule has 98 valence electrons. The van der Waals surface area contributed by atoms with Crippen LogP contribution < -0.4 is 0 Å². The van der Waals surface area contributed by atoms with E-state index in [0.717, 1.165) is 31.8 Å². The average molecular weight is 241 g/mol. The van der Waals surface area contributed by atoms with Crippen molar-refractivity contribution < 1.29 is 14.3 Å². The monoisotopic (exact) mass is 241 g/mol. The zero-order chi connectivity index (χ0) is 12.9. The molecule has 0 saturated carbocycles. The Bertz CT molecular complexity index is 297. The van der Waals surface area contributed by atoms with Gasteiger partial charge in [-0.05, 0) is 20.3 Å². The van der Waals surface area contributed by atoms with Crippen molar-refractivity contribution in [3.05, 3.63) is 11.6 Å². The lowest BCUT2D eigenvalue weighted by molar-refractivity contribution is -0.136. The van der Waals surface area contributed by atoms with Gasteiger partial charge in [-0.1, -0.05) is 13.0 Å². The summed E-state index contributed by atoms with van der Waals surface area (Å²) in [7, 11) is 1.42. The molecule has 1 saturated heterocycles. The van der Waals surface area contributed by atoms with Gasteiger partial charge in [0.05, 0.1) is 19.3 Å². The van der Waals surface area contributed by atoms with Gasteiger partial charge in [0.2, 0.25) is 0 Å². The topological polar surface area (TPSA) is 38.8 Å². The molecule has 0 aromatic heterocycles. The SMILES string of the molecule is CCC(=CCN1CCOC(C)(C)C1)C(=O)OC. The second-order valence-corrected chi connectivity index (χ2v) is 4.92. The van der Waals surface area contributed by atoms with E-state index < -0.39 is 0 Å². The molecule has 0 radical (unpaired) electrons. The zero-order valence-corrected chi connectivity index (χ0v) is 11.3. The summed E-state index contributed by atoms with van der Waals surface area (Å²) >= 11 is 0. The van der Waals surface area contributed by atoms with E-state index in [1.54, 1.807) is 0 Å². The van der Waals surface area contributed by atoms with Crippen LogP contribution in [0, 0.1) is 0 Å². The highest BCUT2D eigenvalue weighted by Crippen LogP contribution is 2.16. The molecule has 1 rings (SSSR count). The maximum Gasteiger partial charge on any atom is 0.333 e. The van der Waals surface area contributed by atoms with Gasteiger partial charge in [0.25, 0.3) is 0 Å². The Morgan fingerprint density at radius 3 is 2.76 bits per heavy atom. The molecule has 4 nitrogen and oxygen atoms in total. The number of rotatable bonds is 4. The Labute approximate surface area is 104 Å². The van der Waals surface area contributed by atoms with Crippen LogP contribution >= 0.6 is 0 Å². The van der Waals surface area contributed by atoms with Crippen LogP contribution in [0.25, 0.3) is 0 Å². The number of nitrogens with zero attached hydrogens (tertiary/aromatic N) is 1. The summed E-state index contributed by atoms with van der Waals surface area (Å²) in [5.41, 5.74) is 0.654. The van der Waals surface area contributed by atoms with Crippen molar-refractivity contribution in [2.24, 2.45) is 0 Å². The highest BCUT2D eigenvalue weighted by molar-refractivity contribution is 5.88. The molecule has 0 spiro atoms. The van der Waals surface area contributed by atoms with Crippen LogP contribution in [-0.2, 0) is 14.3 Å². The first-order chi connectivity index (χ1) is 7.98. The Balaban J connectivity index is 2.53. The van der Waals surface area contributed by atoms with Crippen molar-refractivity contribution in [1.29, 1.82) is 0 Å². The minimum atomic E-state index is -0.222. The van der Waals surface area contributed by atoms with E-state index in [4.69, 9.17) is 9.47 Å². The predicted molar refractivity (Wildman–Crippen MR) is 66.9 cm³/mol. The summed E-state index contributed by atoms with van der Waals surface area (Å²) in [5, 5.41) is 0. The predicted octanol–water partition coefficient (Wildman–Crippen LogP) is 1.61. The van der Waals surface area contributed by atoms with Gasteiger partial charge in [0.15, 0.2) is 0 Å². The third-order valence-electron chi connectivity index (χ3n) is 2.93. The quantitative estimate of drug-likeness (QED) is 0.553. The largest absolute Gasteiger partial charge is 0.466 e. The highest BCUT2D eigenvalue weighted by atomic mass is 16.5. The Hall–Kier alpha value is -0.870. The van der Waals surface area contributed by atoms with Gasteiger partial charge >= 0.3 is 5.97 Å². The Morgan fingerprint density at radius 2 is 2.24 bits per heavy atom. The molecule has 1 aliphatic rings. The van der Waals surface area contributed by atoms with Crippen molar-refractivity contribution in [2.75, 3.05) is 33.4 Å². The summed E-state index contributed by atoms with van der Waals surface area (Å²) in [6.45, 7) is 9.48. The van der Waals surface area contributed by atoms with Gasteiger partial charge in [-0.3, -0.25) is 4.90 Å². The number of hydrogen-bond acceptors (Lipinski definition) is 4. The molecule has 0 N–H and O–H groups in total. The molecule has 0 unspecified atom stereocenters. The van der Waals surface area contributed by atoms with Crippen LogP contribution in [0.2, 0.25) is 0 Å². The fourth-order valence-electron chi connectivity index (χ4n) is 2.01. The average Bonchev–Trinajstić information content (AvgIpc) is 2.28. The lowest BCUT2D eigenvalue weighted by atomic mass is 10.1. The number of morpholine rings is 1. The van der Waals surface area contributed by atoms with Gasteiger partial charge in [0.1, 0.15) is 0 Å². The highest BCUT2D eigenvalue weighted by Gasteiger charge is 2.26. The maximum atomic E-state index is 11.4. The summed E-state index contributed by atoms with van der Waals surface area (Å²) in [6.07, 6.45) is 2.67. The van der Waals surface area contributed by atoms with Crippen molar-refractivity contribution in [2.45, 2.75) is 32.8 Å². The van der Waals surface area contributed by atoms with E-state index in [1.807, 2.05) is 13.0 Å². The normalized spacial score (nSPS) is 21.3. The number of hydrogen-bond donors (Lipinski definition) is 0. The van der Waals surface area contributed by atoms with Crippen molar-refractivity contribution in [3.63, 3.8) is 0 Å². The molecule has 0 bridgehead atoms. The van der Waals surface area contributed by atoms with Crippen molar-refractivity contribution in [1.82, 2.24) is 4.90 Å². The fourth-order valence-corrected chi connectivity index (χ4v) is 2.01. The maximum absolute atomic E-state index is 11.4. The van der Waals surface area contributed by atoms with Gasteiger partial charge in [0, 0.05) is 25.2 Å². The van der Waals surface area contributed by atoms with E-state index in [2.05, 4.69) is 18.7 Å². The van der Waals surface area contributed by atoms with Crippen molar-refractivity contribution >= 4 is 5.97 Å². The second kappa shape index (κ2) is 6.17. The van der Waals surface area contributed by atoms with Gasteiger partial charge in [-0.25, -0.2) is 4.79 Å². The Kier molecular flexibility index (Phi) is 5.15. The number of methoxy groups -OCH3 is 1. The van der Waals surface area contributed by atoms with Crippen LogP contribution in [-0.4, -0.2) is 49.8 Å². The first-order valence-corrected chi connectivity index (χ1v) is 6.12. The molecule has 0 amide bonds. The van der Waals surface area contributed by atoms with E-state index in [9.17, 15) is 4.79 Å². The van der Waals surface area contributed by atoms with Crippen LogP contribution in [0.15, 0.2) is 11.6 Å². The molecule has 1 aliphatic heterocycles. The molecule has 17 heavy (non-hydrogen) atoms. The molecule has 0 aromatic rings. The molecular formula is C13H23NO3. The van der Waals surface area contributed by atoms with E-state index >= 15 is 0 Å². The second-order valence-electron chi connectivity index (χ2n) is 4.92. The molecule has 0 aromatic carbocycles. The minimum absolute atomic E-state index is 0.0935. The number of esters is 1. The molecular weight excluding hydrogens is 218 g/mol. The zero-order valence-electron chi connectivity index (χ0n) is 11.3. The molecule has 4 heteroatoms.